The Bertz CT molecular complexity index is 485. The number of rotatable bonds is 4. The predicted molar refractivity (Wildman–Crippen MR) is 68.5 cm³/mol. The van der Waals surface area contributed by atoms with Crippen LogP contribution in [0.25, 0.3) is 0 Å². The molecule has 0 bridgehead atoms. The van der Waals surface area contributed by atoms with Gasteiger partial charge in [0.2, 0.25) is 0 Å². The first kappa shape index (κ1) is 12.4. The number of halogens is 1. The van der Waals surface area contributed by atoms with E-state index in [9.17, 15) is 5.11 Å². The Kier molecular flexibility index (Phi) is 3.99. The number of thiazole rings is 1. The van der Waals surface area contributed by atoms with E-state index in [0.717, 1.165) is 11.3 Å². The van der Waals surface area contributed by atoms with Crippen molar-refractivity contribution in [3.8, 4) is 5.75 Å². The van der Waals surface area contributed by atoms with Gasteiger partial charge in [0.05, 0.1) is 22.3 Å². The van der Waals surface area contributed by atoms with Crippen LogP contribution in [0.15, 0.2) is 29.1 Å². The molecule has 17 heavy (non-hydrogen) atoms. The van der Waals surface area contributed by atoms with Gasteiger partial charge in [-0.15, -0.1) is 11.3 Å². The number of aromatic nitrogens is 1. The SMILES string of the molecule is C[C@H](O)c1ccc(OCc2cscn2)c(Cl)c1. The summed E-state index contributed by atoms with van der Waals surface area (Å²) in [5, 5.41) is 11.8. The Morgan fingerprint density at radius 3 is 2.94 bits per heavy atom. The van der Waals surface area contributed by atoms with Crippen molar-refractivity contribution in [2.24, 2.45) is 0 Å². The topological polar surface area (TPSA) is 42.4 Å². The molecule has 2 rings (SSSR count). The molecular weight excluding hydrogens is 258 g/mol. The van der Waals surface area contributed by atoms with Crippen molar-refractivity contribution in [3.05, 3.63) is 45.4 Å². The van der Waals surface area contributed by atoms with Crippen molar-refractivity contribution in [2.75, 3.05) is 0 Å². The van der Waals surface area contributed by atoms with Gasteiger partial charge in [0.1, 0.15) is 12.4 Å². The second kappa shape index (κ2) is 5.49. The maximum atomic E-state index is 9.41. The minimum absolute atomic E-state index is 0.400. The molecule has 0 unspecified atom stereocenters. The van der Waals surface area contributed by atoms with E-state index in [1.54, 1.807) is 30.6 Å². The van der Waals surface area contributed by atoms with E-state index in [4.69, 9.17) is 16.3 Å². The minimum Gasteiger partial charge on any atom is -0.486 e. The van der Waals surface area contributed by atoms with Crippen LogP contribution in [-0.2, 0) is 6.61 Å². The summed E-state index contributed by atoms with van der Waals surface area (Å²) < 4.78 is 5.55. The Morgan fingerprint density at radius 1 is 1.53 bits per heavy atom. The van der Waals surface area contributed by atoms with Gasteiger partial charge in [-0.1, -0.05) is 17.7 Å². The fourth-order valence-electron chi connectivity index (χ4n) is 1.35. The summed E-state index contributed by atoms with van der Waals surface area (Å²) in [6.45, 7) is 2.10. The third kappa shape index (κ3) is 3.19. The van der Waals surface area contributed by atoms with Crippen LogP contribution in [0.5, 0.6) is 5.75 Å². The van der Waals surface area contributed by atoms with Crippen molar-refractivity contribution in [1.29, 1.82) is 0 Å². The lowest BCUT2D eigenvalue weighted by Gasteiger charge is -2.09. The molecule has 0 fully saturated rings. The highest BCUT2D eigenvalue weighted by Crippen LogP contribution is 2.28. The second-order valence-corrected chi connectivity index (χ2v) is 4.76. The van der Waals surface area contributed by atoms with Gasteiger partial charge in [-0.05, 0) is 24.6 Å². The molecule has 1 heterocycles. The highest BCUT2D eigenvalue weighted by atomic mass is 35.5. The number of benzene rings is 1. The fourth-order valence-corrected chi connectivity index (χ4v) is 2.14. The Labute approximate surface area is 109 Å². The first-order valence-corrected chi connectivity index (χ1v) is 6.46. The lowest BCUT2D eigenvalue weighted by Crippen LogP contribution is -1.97. The van der Waals surface area contributed by atoms with Gasteiger partial charge in [-0.25, -0.2) is 4.98 Å². The van der Waals surface area contributed by atoms with Crippen LogP contribution in [0.4, 0.5) is 0 Å². The summed E-state index contributed by atoms with van der Waals surface area (Å²) in [5.41, 5.74) is 3.42. The van der Waals surface area contributed by atoms with E-state index in [1.807, 2.05) is 5.38 Å². The number of hydrogen-bond donors (Lipinski definition) is 1. The molecule has 0 saturated heterocycles. The van der Waals surface area contributed by atoms with E-state index in [2.05, 4.69) is 4.98 Å². The van der Waals surface area contributed by atoms with E-state index in [1.165, 1.54) is 11.3 Å². The summed E-state index contributed by atoms with van der Waals surface area (Å²) in [7, 11) is 0. The molecule has 5 heteroatoms. The van der Waals surface area contributed by atoms with Gasteiger partial charge in [-0.3, -0.25) is 0 Å². The molecule has 0 saturated carbocycles. The van der Waals surface area contributed by atoms with Crippen molar-refractivity contribution >= 4 is 22.9 Å². The van der Waals surface area contributed by atoms with Crippen LogP contribution in [-0.4, -0.2) is 10.1 Å². The third-order valence-electron chi connectivity index (χ3n) is 2.30. The van der Waals surface area contributed by atoms with E-state index >= 15 is 0 Å². The summed E-state index contributed by atoms with van der Waals surface area (Å²) in [4.78, 5) is 4.12. The van der Waals surface area contributed by atoms with Gasteiger partial charge >= 0.3 is 0 Å². The summed E-state index contributed by atoms with van der Waals surface area (Å²) in [6.07, 6.45) is -0.528. The highest BCUT2D eigenvalue weighted by molar-refractivity contribution is 7.07. The predicted octanol–water partition coefficient (Wildman–Crippen LogP) is 3.43. The van der Waals surface area contributed by atoms with Crippen LogP contribution in [0.1, 0.15) is 24.3 Å². The van der Waals surface area contributed by atoms with Crippen LogP contribution in [0.3, 0.4) is 0 Å². The molecule has 1 aromatic heterocycles. The molecule has 1 atom stereocenters. The second-order valence-electron chi connectivity index (χ2n) is 3.63. The number of aliphatic hydroxyl groups is 1. The third-order valence-corrected chi connectivity index (χ3v) is 3.23. The maximum absolute atomic E-state index is 9.41. The standard InChI is InChI=1S/C12H12ClNO2S/c1-8(15)9-2-3-12(11(13)4-9)16-5-10-6-17-7-14-10/h2-4,6-8,15H,5H2,1H3/t8-/m0/s1. The van der Waals surface area contributed by atoms with Crippen molar-refractivity contribution < 1.29 is 9.84 Å². The fraction of sp³-hybridized carbons (Fsp3) is 0.250. The largest absolute Gasteiger partial charge is 0.486 e. The normalized spacial score (nSPS) is 12.4. The Morgan fingerprint density at radius 2 is 2.35 bits per heavy atom. The Hall–Kier alpha value is -1.10. The van der Waals surface area contributed by atoms with Gasteiger partial charge in [0.15, 0.2) is 0 Å². The van der Waals surface area contributed by atoms with Crippen molar-refractivity contribution in [1.82, 2.24) is 4.98 Å². The zero-order chi connectivity index (χ0) is 12.3. The molecule has 2 aromatic rings. The Balaban J connectivity index is 2.06. The average Bonchev–Trinajstić information content (AvgIpc) is 2.80. The lowest BCUT2D eigenvalue weighted by atomic mass is 10.1. The number of nitrogens with zero attached hydrogens (tertiary/aromatic N) is 1. The van der Waals surface area contributed by atoms with Crippen LogP contribution < -0.4 is 4.74 Å². The molecule has 1 N–H and O–H groups in total. The quantitative estimate of drug-likeness (QED) is 0.925. The molecule has 0 spiro atoms. The van der Waals surface area contributed by atoms with E-state index < -0.39 is 6.10 Å². The highest BCUT2D eigenvalue weighted by Gasteiger charge is 2.07. The maximum Gasteiger partial charge on any atom is 0.138 e. The first-order chi connectivity index (χ1) is 8.16. The van der Waals surface area contributed by atoms with Gasteiger partial charge in [-0.2, -0.15) is 0 Å². The zero-order valence-corrected chi connectivity index (χ0v) is 10.8. The molecule has 3 nitrogen and oxygen atoms in total. The summed E-state index contributed by atoms with van der Waals surface area (Å²) >= 11 is 7.59. The lowest BCUT2D eigenvalue weighted by molar-refractivity contribution is 0.199. The average molecular weight is 270 g/mol. The molecule has 0 aliphatic rings. The molecule has 90 valence electrons. The molecular formula is C12H12ClNO2S. The monoisotopic (exact) mass is 269 g/mol. The van der Waals surface area contributed by atoms with E-state index in [0.29, 0.717) is 17.4 Å². The number of ether oxygens (including phenoxy) is 1. The smallest absolute Gasteiger partial charge is 0.138 e. The van der Waals surface area contributed by atoms with E-state index in [-0.39, 0.29) is 0 Å². The number of hydrogen-bond acceptors (Lipinski definition) is 4. The van der Waals surface area contributed by atoms with Crippen molar-refractivity contribution in [2.45, 2.75) is 19.6 Å². The van der Waals surface area contributed by atoms with Crippen LogP contribution in [0, 0.1) is 0 Å². The minimum atomic E-state index is -0.528. The van der Waals surface area contributed by atoms with Crippen molar-refractivity contribution in [3.63, 3.8) is 0 Å². The van der Waals surface area contributed by atoms with Crippen LogP contribution >= 0.6 is 22.9 Å². The summed E-state index contributed by atoms with van der Waals surface area (Å²) in [5.74, 6) is 0.601. The zero-order valence-electron chi connectivity index (χ0n) is 9.26. The molecule has 0 aliphatic heterocycles. The van der Waals surface area contributed by atoms with Gasteiger partial charge in [0.25, 0.3) is 0 Å². The first-order valence-electron chi connectivity index (χ1n) is 5.14. The molecule has 1 aromatic carbocycles. The molecule has 0 aliphatic carbocycles. The van der Waals surface area contributed by atoms with Gasteiger partial charge in [0, 0.05) is 5.38 Å². The number of aliphatic hydroxyl groups excluding tert-OH is 1. The molecule has 0 amide bonds. The van der Waals surface area contributed by atoms with Crippen LogP contribution in [0.2, 0.25) is 5.02 Å². The summed E-state index contributed by atoms with van der Waals surface area (Å²) in [6, 6.07) is 5.27. The van der Waals surface area contributed by atoms with Gasteiger partial charge < -0.3 is 9.84 Å². The molecule has 0 radical (unpaired) electrons.